The van der Waals surface area contributed by atoms with Crippen LogP contribution >= 0.6 is 10.1 Å². The van der Waals surface area contributed by atoms with Crippen LogP contribution in [-0.4, -0.2) is 11.7 Å². The summed E-state index contributed by atoms with van der Waals surface area (Å²) in [6.07, 6.45) is 0. The molecule has 1 N–H and O–H groups in total. The summed E-state index contributed by atoms with van der Waals surface area (Å²) in [5.74, 6) is 0. The number of rotatable bonds is 0. The fourth-order valence-corrected chi connectivity index (χ4v) is 0. The zero-order valence-corrected chi connectivity index (χ0v) is 4.85. The summed E-state index contributed by atoms with van der Waals surface area (Å²) in [5.41, 5.74) is 0. The molecule has 0 aliphatic rings. The SMILES string of the molecule is CCO.[Cl][Mn]. The van der Waals surface area contributed by atoms with Gasteiger partial charge in [-0.1, -0.05) is 0 Å². The van der Waals surface area contributed by atoms with Crippen LogP contribution in [0.3, 0.4) is 0 Å². The fourth-order valence-electron chi connectivity index (χ4n) is 0. The number of aliphatic hydroxyl groups is 1. The molecule has 0 aliphatic carbocycles. The normalized spacial score (nSPS) is 4.80. The molecule has 3 heteroatoms. The maximum absolute atomic E-state index is 7.57. The second-order valence-electron chi connectivity index (χ2n) is 0.316. The van der Waals surface area contributed by atoms with E-state index in [9.17, 15) is 0 Å². The standard InChI is InChI=1S/C2H6O.ClH.Mn/c1-2-3;;/h3H,2H2,1H3;1H;/q;;+1/p-1. The molecule has 0 saturated heterocycles. The number of hydrogen-bond donors (Lipinski definition) is 1. The monoisotopic (exact) mass is 136 g/mol. The Labute approximate surface area is 44.4 Å². The molecule has 0 unspecified atom stereocenters. The van der Waals surface area contributed by atoms with Gasteiger partial charge in [-0.05, 0) is 6.92 Å². The van der Waals surface area contributed by atoms with Crippen LogP contribution in [0, 0.1) is 0 Å². The second-order valence-corrected chi connectivity index (χ2v) is 0.316. The predicted molar refractivity (Wildman–Crippen MR) is 18.6 cm³/mol. The van der Waals surface area contributed by atoms with Crippen molar-refractivity contribution in [3.05, 3.63) is 0 Å². The Hall–Kier alpha value is 0.769. The Morgan fingerprint density at radius 3 is 1.80 bits per heavy atom. The van der Waals surface area contributed by atoms with E-state index in [0.717, 1.165) is 0 Å². The number of halogens is 1. The summed E-state index contributed by atoms with van der Waals surface area (Å²) < 4.78 is 0. The zero-order valence-electron chi connectivity index (χ0n) is 2.91. The van der Waals surface area contributed by atoms with E-state index in [4.69, 9.17) is 5.11 Å². The third-order valence-electron chi connectivity index (χ3n) is 0. The Kier molecular flexibility index (Phi) is 40.0. The number of aliphatic hydroxyl groups excluding tert-OH is 1. The molecule has 0 saturated carbocycles. The van der Waals surface area contributed by atoms with Gasteiger partial charge in [0.05, 0.1) is 0 Å². The van der Waals surface area contributed by atoms with Crippen molar-refractivity contribution in [2.24, 2.45) is 0 Å². The van der Waals surface area contributed by atoms with Crippen LogP contribution < -0.4 is 0 Å². The molecule has 0 bridgehead atoms. The van der Waals surface area contributed by atoms with Crippen LogP contribution in [0.1, 0.15) is 6.92 Å². The molecule has 0 amide bonds. The minimum absolute atomic E-state index is 0.250. The van der Waals surface area contributed by atoms with Crippen molar-refractivity contribution >= 4 is 10.1 Å². The summed E-state index contributed by atoms with van der Waals surface area (Å²) in [6.45, 7) is 1.93. The molecule has 0 rings (SSSR count). The van der Waals surface area contributed by atoms with Gasteiger partial charge in [0.25, 0.3) is 0 Å². The van der Waals surface area contributed by atoms with Gasteiger partial charge in [-0.3, -0.25) is 0 Å². The predicted octanol–water partition coefficient (Wildman–Crippen LogP) is 0.686. The van der Waals surface area contributed by atoms with Gasteiger partial charge in [-0.2, -0.15) is 0 Å². The molecular weight excluding hydrogens is 130 g/mol. The fraction of sp³-hybridized carbons (Fsp3) is 1.00. The van der Waals surface area contributed by atoms with E-state index in [0.29, 0.717) is 0 Å². The van der Waals surface area contributed by atoms with E-state index in [1.54, 1.807) is 6.92 Å². The van der Waals surface area contributed by atoms with Crippen LogP contribution in [0.4, 0.5) is 0 Å². The summed E-state index contributed by atoms with van der Waals surface area (Å²) in [4.78, 5) is 0. The van der Waals surface area contributed by atoms with Gasteiger partial charge in [0.2, 0.25) is 0 Å². The molecule has 34 valence electrons. The summed E-state index contributed by atoms with van der Waals surface area (Å²) in [5, 5.41) is 7.57. The topological polar surface area (TPSA) is 20.2 Å². The Balaban J connectivity index is 0. The van der Waals surface area contributed by atoms with Gasteiger partial charge in [-0.25, -0.2) is 0 Å². The zero-order chi connectivity index (χ0) is 4.71. The molecule has 0 fully saturated rings. The van der Waals surface area contributed by atoms with Gasteiger partial charge in [-0.15, -0.1) is 0 Å². The van der Waals surface area contributed by atoms with Crippen LogP contribution in [0.2, 0.25) is 0 Å². The Morgan fingerprint density at radius 2 is 1.80 bits per heavy atom. The molecule has 0 heterocycles. The third kappa shape index (κ3) is 61.8. The van der Waals surface area contributed by atoms with E-state index in [1.165, 1.54) is 0 Å². The van der Waals surface area contributed by atoms with Crippen LogP contribution in [0.25, 0.3) is 0 Å². The second kappa shape index (κ2) is 21.6. The van der Waals surface area contributed by atoms with E-state index in [1.807, 2.05) is 0 Å². The molecule has 0 spiro atoms. The average Bonchev–Trinajstić information content (AvgIpc) is 1.46. The first-order valence-electron chi connectivity index (χ1n) is 1.17. The molecule has 0 aliphatic heterocycles. The molecule has 0 aromatic heterocycles. The van der Waals surface area contributed by atoms with Crippen molar-refractivity contribution in [3.8, 4) is 0 Å². The molecule has 0 atom stereocenters. The molecule has 0 aromatic rings. The van der Waals surface area contributed by atoms with Gasteiger partial charge in [0.1, 0.15) is 0 Å². The van der Waals surface area contributed by atoms with E-state index >= 15 is 0 Å². The van der Waals surface area contributed by atoms with Crippen molar-refractivity contribution < 1.29 is 20.2 Å². The maximum atomic E-state index is 7.57. The minimum atomic E-state index is 0.250. The van der Waals surface area contributed by atoms with Crippen molar-refractivity contribution in [3.63, 3.8) is 0 Å². The van der Waals surface area contributed by atoms with E-state index < -0.39 is 0 Å². The summed E-state index contributed by atoms with van der Waals surface area (Å²) >= 11 is 2.41. The van der Waals surface area contributed by atoms with Crippen LogP contribution in [0.5, 0.6) is 0 Å². The van der Waals surface area contributed by atoms with E-state index in [2.05, 4.69) is 25.2 Å². The van der Waals surface area contributed by atoms with Crippen LogP contribution in [0.15, 0.2) is 0 Å². The molecule has 0 aromatic carbocycles. The number of hydrogen-bond acceptors (Lipinski definition) is 1. The molecule has 1 nitrogen and oxygen atoms in total. The summed E-state index contributed by atoms with van der Waals surface area (Å²) in [6, 6.07) is 0. The third-order valence-corrected chi connectivity index (χ3v) is 0. The Morgan fingerprint density at radius 1 is 1.80 bits per heavy atom. The quantitative estimate of drug-likeness (QED) is 0.486. The first-order chi connectivity index (χ1) is 2.41. The van der Waals surface area contributed by atoms with Crippen molar-refractivity contribution in [1.29, 1.82) is 0 Å². The molecule has 0 radical (unpaired) electrons. The molecular formula is C2H6ClMnO. The Bertz CT molecular complexity index is 9.61. The van der Waals surface area contributed by atoms with E-state index in [-0.39, 0.29) is 6.61 Å². The van der Waals surface area contributed by atoms with Crippen molar-refractivity contribution in [2.75, 3.05) is 6.61 Å². The molecule has 5 heavy (non-hydrogen) atoms. The first kappa shape index (κ1) is 9.24. The van der Waals surface area contributed by atoms with Crippen molar-refractivity contribution in [1.82, 2.24) is 0 Å². The van der Waals surface area contributed by atoms with Crippen LogP contribution in [-0.2, 0) is 15.1 Å². The first-order valence-corrected chi connectivity index (χ1v) is 2.79. The van der Waals surface area contributed by atoms with Gasteiger partial charge >= 0.3 is 25.2 Å². The van der Waals surface area contributed by atoms with Crippen molar-refractivity contribution in [2.45, 2.75) is 6.92 Å². The summed E-state index contributed by atoms with van der Waals surface area (Å²) in [7, 11) is 4.45. The van der Waals surface area contributed by atoms with Gasteiger partial charge < -0.3 is 5.11 Å². The van der Waals surface area contributed by atoms with Gasteiger partial charge in [0, 0.05) is 6.61 Å². The van der Waals surface area contributed by atoms with Gasteiger partial charge in [0.15, 0.2) is 0 Å². The average molecular weight is 136 g/mol.